The molecule has 2 N–H and O–H groups in total. The van der Waals surface area contributed by atoms with Gasteiger partial charge in [0.1, 0.15) is 11.2 Å². The number of allylic oxidation sites excluding steroid dienone is 1. The first-order valence-corrected chi connectivity index (χ1v) is 10.6. The van der Waals surface area contributed by atoms with E-state index in [0.29, 0.717) is 17.8 Å². The molecule has 2 saturated carbocycles. The average Bonchev–Trinajstić information content (AvgIpc) is 3.43. The Hall–Kier alpha value is -1.40. The monoisotopic (exact) mass is 411 g/mol. The van der Waals surface area contributed by atoms with Crippen molar-refractivity contribution in [3.63, 3.8) is 0 Å². The molecule has 0 aromatic heterocycles. The number of hydrogen-bond donors (Lipinski definition) is 2. The Balaban J connectivity index is 0.000000296. The van der Waals surface area contributed by atoms with Gasteiger partial charge in [0.05, 0.1) is 0 Å². The van der Waals surface area contributed by atoms with Crippen molar-refractivity contribution in [2.24, 2.45) is 23.7 Å². The third-order valence-electron chi connectivity index (χ3n) is 5.01. The fraction of sp³-hybridized carbons (Fsp3) is 0.826. The van der Waals surface area contributed by atoms with Crippen molar-refractivity contribution < 1.29 is 24.2 Å². The second-order valence-corrected chi connectivity index (χ2v) is 10.4. The second-order valence-electron chi connectivity index (χ2n) is 10.4. The third kappa shape index (κ3) is 10.3. The molecule has 0 radical (unpaired) electrons. The van der Waals surface area contributed by atoms with E-state index in [1.54, 1.807) is 33.9 Å². The highest BCUT2D eigenvalue weighted by Crippen LogP contribution is 2.41. The van der Waals surface area contributed by atoms with Crippen LogP contribution in [0.5, 0.6) is 0 Å². The lowest BCUT2D eigenvalue weighted by Crippen LogP contribution is -2.47. The van der Waals surface area contributed by atoms with Crippen LogP contribution in [-0.4, -0.2) is 47.4 Å². The van der Waals surface area contributed by atoms with Gasteiger partial charge in [-0.15, -0.1) is 0 Å². The molecule has 2 fully saturated rings. The van der Waals surface area contributed by atoms with Crippen LogP contribution >= 0.6 is 0 Å². The summed E-state index contributed by atoms with van der Waals surface area (Å²) in [4.78, 5) is 22.9. The summed E-state index contributed by atoms with van der Waals surface area (Å²) >= 11 is 0. The van der Waals surface area contributed by atoms with E-state index in [2.05, 4.69) is 19.2 Å². The molecule has 0 bridgehead atoms. The highest BCUT2D eigenvalue weighted by molar-refractivity contribution is 5.82. The summed E-state index contributed by atoms with van der Waals surface area (Å²) < 4.78 is 10.3. The fourth-order valence-corrected chi connectivity index (χ4v) is 3.12. The van der Waals surface area contributed by atoms with Crippen LogP contribution in [0.3, 0.4) is 0 Å². The van der Waals surface area contributed by atoms with Crippen LogP contribution in [0.25, 0.3) is 0 Å². The van der Waals surface area contributed by atoms with Gasteiger partial charge in [-0.05, 0) is 85.1 Å². The zero-order valence-corrected chi connectivity index (χ0v) is 19.6. The number of esters is 2. The SMILES string of the molecule is CN[C@@H]([C@H]1C[C@@H]1C)[C@@H](O)C(=O)OC(C)(C)C.C[C@H]1C[C@@H]1/C=C/C(=O)OC(C)(C)C. The molecule has 6 nitrogen and oxygen atoms in total. The van der Waals surface area contributed by atoms with E-state index in [1.165, 1.54) is 6.42 Å². The Kier molecular flexibility index (Phi) is 8.90. The molecule has 2 rings (SSSR count). The van der Waals surface area contributed by atoms with E-state index in [4.69, 9.17) is 9.47 Å². The molecule has 0 amide bonds. The molecule has 6 heteroatoms. The van der Waals surface area contributed by atoms with Crippen LogP contribution in [0.1, 0.15) is 68.2 Å². The van der Waals surface area contributed by atoms with Crippen LogP contribution in [0.15, 0.2) is 12.2 Å². The normalized spacial score (nSPS) is 28.1. The predicted molar refractivity (Wildman–Crippen MR) is 114 cm³/mol. The molecule has 2 aliphatic rings. The lowest BCUT2D eigenvalue weighted by molar-refractivity contribution is -0.167. The topological polar surface area (TPSA) is 84.9 Å². The first-order valence-electron chi connectivity index (χ1n) is 10.6. The van der Waals surface area contributed by atoms with Gasteiger partial charge in [0.2, 0.25) is 0 Å². The van der Waals surface area contributed by atoms with Crippen LogP contribution in [-0.2, 0) is 19.1 Å². The summed E-state index contributed by atoms with van der Waals surface area (Å²) in [7, 11) is 1.77. The minimum Gasteiger partial charge on any atom is -0.458 e. The number of aliphatic hydroxyl groups excluding tert-OH is 1. The van der Waals surface area contributed by atoms with Gasteiger partial charge in [0, 0.05) is 12.1 Å². The molecule has 0 aliphatic heterocycles. The summed E-state index contributed by atoms with van der Waals surface area (Å²) in [5, 5.41) is 12.9. The number of carbonyl (C=O) groups is 2. The van der Waals surface area contributed by atoms with Crippen molar-refractivity contribution in [2.75, 3.05) is 7.05 Å². The van der Waals surface area contributed by atoms with E-state index in [-0.39, 0.29) is 17.6 Å². The quantitative estimate of drug-likeness (QED) is 0.514. The van der Waals surface area contributed by atoms with Crippen LogP contribution in [0, 0.1) is 23.7 Å². The maximum absolute atomic E-state index is 11.7. The molecule has 0 spiro atoms. The predicted octanol–water partition coefficient (Wildman–Crippen LogP) is 3.47. The maximum atomic E-state index is 11.7. The van der Waals surface area contributed by atoms with Crippen molar-refractivity contribution in [3.05, 3.63) is 12.2 Å². The summed E-state index contributed by atoms with van der Waals surface area (Å²) in [6, 6.07) is -0.190. The Labute approximate surface area is 176 Å². The lowest BCUT2D eigenvalue weighted by Gasteiger charge is -2.26. The molecule has 0 heterocycles. The van der Waals surface area contributed by atoms with Crippen molar-refractivity contribution in [2.45, 2.75) is 91.6 Å². The standard InChI is InChI=1S/C12H23NO3.C11H18O2/c1-7-6-8(7)9(13-5)10(14)11(15)16-12(2,3)4;1-8-7-9(8)5-6-10(12)13-11(2,3)4/h7-10,13-14H,6H2,1-5H3;5-6,8-9H,7H2,1-4H3/b;6-5+/t7-,8-,9-,10+;8-,9-/m00/s1. The minimum absolute atomic E-state index is 0.190. The van der Waals surface area contributed by atoms with E-state index >= 15 is 0 Å². The fourth-order valence-electron chi connectivity index (χ4n) is 3.12. The highest BCUT2D eigenvalue weighted by Gasteiger charge is 2.45. The number of likely N-dealkylation sites (N-methyl/N-ethyl adjacent to an activating group) is 1. The van der Waals surface area contributed by atoms with Crippen molar-refractivity contribution in [3.8, 4) is 0 Å². The zero-order valence-electron chi connectivity index (χ0n) is 19.6. The van der Waals surface area contributed by atoms with Crippen molar-refractivity contribution in [1.82, 2.24) is 5.32 Å². The van der Waals surface area contributed by atoms with E-state index in [9.17, 15) is 14.7 Å². The molecular weight excluding hydrogens is 370 g/mol. The Morgan fingerprint density at radius 3 is 1.83 bits per heavy atom. The number of hydrogen-bond acceptors (Lipinski definition) is 6. The van der Waals surface area contributed by atoms with Gasteiger partial charge < -0.3 is 19.9 Å². The minimum atomic E-state index is -1.07. The molecular formula is C23H41NO5. The smallest absolute Gasteiger partial charge is 0.337 e. The molecule has 0 aromatic rings. The molecule has 0 saturated heterocycles. The molecule has 168 valence electrons. The van der Waals surface area contributed by atoms with Crippen molar-refractivity contribution in [1.29, 1.82) is 0 Å². The van der Waals surface area contributed by atoms with Gasteiger partial charge in [-0.1, -0.05) is 19.9 Å². The second kappa shape index (κ2) is 10.1. The Bertz CT molecular complexity index is 587. The number of aliphatic hydroxyl groups is 1. The molecule has 2 aliphatic carbocycles. The first-order chi connectivity index (χ1) is 13.1. The first kappa shape index (κ1) is 25.6. The van der Waals surface area contributed by atoms with Crippen LogP contribution < -0.4 is 5.32 Å². The van der Waals surface area contributed by atoms with E-state index < -0.39 is 17.7 Å². The summed E-state index contributed by atoms with van der Waals surface area (Å²) in [6.45, 7) is 15.3. The zero-order chi connectivity index (χ0) is 22.6. The largest absolute Gasteiger partial charge is 0.458 e. The number of nitrogens with one attached hydrogen (secondary N) is 1. The number of ether oxygens (including phenoxy) is 2. The van der Waals surface area contributed by atoms with Gasteiger partial charge in [-0.3, -0.25) is 0 Å². The van der Waals surface area contributed by atoms with Gasteiger partial charge in [-0.2, -0.15) is 0 Å². The van der Waals surface area contributed by atoms with Crippen LogP contribution in [0.2, 0.25) is 0 Å². The van der Waals surface area contributed by atoms with E-state index in [0.717, 1.165) is 12.3 Å². The number of carbonyl (C=O) groups excluding carboxylic acids is 2. The molecule has 0 aromatic carbocycles. The summed E-state index contributed by atoms with van der Waals surface area (Å²) in [5.41, 5.74) is -0.928. The lowest BCUT2D eigenvalue weighted by atomic mass is 10.0. The molecule has 29 heavy (non-hydrogen) atoms. The Morgan fingerprint density at radius 2 is 1.48 bits per heavy atom. The maximum Gasteiger partial charge on any atom is 0.337 e. The summed E-state index contributed by atoms with van der Waals surface area (Å²) in [6.07, 6.45) is 4.71. The third-order valence-corrected chi connectivity index (χ3v) is 5.01. The summed E-state index contributed by atoms with van der Waals surface area (Å²) in [5.74, 6) is 1.55. The molecule has 6 atom stereocenters. The van der Waals surface area contributed by atoms with Gasteiger partial charge in [0.25, 0.3) is 0 Å². The highest BCUT2D eigenvalue weighted by atomic mass is 16.6. The van der Waals surface area contributed by atoms with Gasteiger partial charge in [-0.25, -0.2) is 9.59 Å². The van der Waals surface area contributed by atoms with Gasteiger partial charge >= 0.3 is 11.9 Å². The number of rotatable bonds is 6. The van der Waals surface area contributed by atoms with E-state index in [1.807, 2.05) is 26.8 Å². The molecule has 0 unspecified atom stereocenters. The van der Waals surface area contributed by atoms with Crippen LogP contribution in [0.4, 0.5) is 0 Å². The van der Waals surface area contributed by atoms with Crippen molar-refractivity contribution >= 4 is 11.9 Å². The average molecular weight is 412 g/mol. The van der Waals surface area contributed by atoms with Gasteiger partial charge in [0.15, 0.2) is 6.10 Å². The Morgan fingerprint density at radius 1 is 1.00 bits per heavy atom.